The summed E-state index contributed by atoms with van der Waals surface area (Å²) in [6.07, 6.45) is -1.28. The van der Waals surface area contributed by atoms with Crippen molar-refractivity contribution in [2.75, 3.05) is 0 Å². The second-order valence-corrected chi connectivity index (χ2v) is 7.82. The van der Waals surface area contributed by atoms with Gasteiger partial charge in [0.25, 0.3) is 0 Å². The van der Waals surface area contributed by atoms with E-state index in [4.69, 9.17) is 5.73 Å². The molecule has 0 heterocycles. The zero-order valence-corrected chi connectivity index (χ0v) is 18.2. The zero-order valence-electron chi connectivity index (χ0n) is 18.2. The molecular formula is C21H32N4O6. The number of amides is 3. The first-order chi connectivity index (χ1) is 14.4. The topological polar surface area (TPSA) is 171 Å². The monoisotopic (exact) mass is 436 g/mol. The second kappa shape index (κ2) is 12.0. The first-order valence-electron chi connectivity index (χ1n) is 10.1. The van der Waals surface area contributed by atoms with Crippen LogP contribution in [0, 0.1) is 5.92 Å². The van der Waals surface area contributed by atoms with Crippen molar-refractivity contribution in [3.63, 3.8) is 0 Å². The lowest BCUT2D eigenvalue weighted by Gasteiger charge is -2.25. The van der Waals surface area contributed by atoms with E-state index in [1.165, 1.54) is 13.8 Å². The number of aliphatic hydroxyl groups is 1. The van der Waals surface area contributed by atoms with Gasteiger partial charge in [0, 0.05) is 6.42 Å². The van der Waals surface area contributed by atoms with E-state index in [2.05, 4.69) is 16.0 Å². The fourth-order valence-electron chi connectivity index (χ4n) is 2.67. The average Bonchev–Trinajstić information content (AvgIpc) is 2.70. The van der Waals surface area contributed by atoms with Crippen molar-refractivity contribution in [3.8, 4) is 0 Å². The Kier molecular flexibility index (Phi) is 10.1. The largest absolute Gasteiger partial charge is 0.480 e. The first-order valence-corrected chi connectivity index (χ1v) is 10.1. The summed E-state index contributed by atoms with van der Waals surface area (Å²) in [7, 11) is 0. The van der Waals surface area contributed by atoms with Crippen LogP contribution in [0.3, 0.4) is 0 Å². The summed E-state index contributed by atoms with van der Waals surface area (Å²) in [5.41, 5.74) is 6.45. The summed E-state index contributed by atoms with van der Waals surface area (Å²) < 4.78 is 0. The van der Waals surface area contributed by atoms with Crippen molar-refractivity contribution in [3.05, 3.63) is 35.9 Å². The lowest BCUT2D eigenvalue weighted by Crippen LogP contribution is -2.59. The van der Waals surface area contributed by atoms with Crippen LogP contribution in [0.2, 0.25) is 0 Å². The van der Waals surface area contributed by atoms with E-state index < -0.39 is 54.0 Å². The molecule has 0 aliphatic rings. The molecule has 0 radical (unpaired) electrons. The molecular weight excluding hydrogens is 404 g/mol. The molecule has 0 aliphatic heterocycles. The van der Waals surface area contributed by atoms with E-state index >= 15 is 0 Å². The van der Waals surface area contributed by atoms with Crippen LogP contribution in [0.15, 0.2) is 30.3 Å². The third-order valence-corrected chi connectivity index (χ3v) is 4.73. The molecule has 10 nitrogen and oxygen atoms in total. The highest BCUT2D eigenvalue weighted by Crippen LogP contribution is 2.05. The Labute approximate surface area is 181 Å². The van der Waals surface area contributed by atoms with E-state index in [1.807, 2.05) is 0 Å². The SMILES string of the molecule is CC(NC(=O)C(N)C(C)C)C(=O)NC(C(=O)NC(Cc1ccccc1)C(=O)O)C(C)O. The summed E-state index contributed by atoms with van der Waals surface area (Å²) in [4.78, 5) is 48.7. The van der Waals surface area contributed by atoms with E-state index in [1.54, 1.807) is 44.2 Å². The van der Waals surface area contributed by atoms with Crippen molar-refractivity contribution < 1.29 is 29.4 Å². The van der Waals surface area contributed by atoms with Gasteiger partial charge in [0.2, 0.25) is 17.7 Å². The van der Waals surface area contributed by atoms with Crippen LogP contribution >= 0.6 is 0 Å². The number of carboxylic acid groups (broad SMARTS) is 1. The molecule has 1 aromatic rings. The maximum atomic E-state index is 12.6. The molecule has 1 aromatic carbocycles. The molecule has 0 aromatic heterocycles. The molecule has 0 bridgehead atoms. The number of aliphatic carboxylic acids is 1. The zero-order chi connectivity index (χ0) is 23.7. The number of hydrogen-bond acceptors (Lipinski definition) is 6. The molecule has 1 rings (SSSR count). The van der Waals surface area contributed by atoms with Crippen LogP contribution in [0.25, 0.3) is 0 Å². The number of carboxylic acids is 1. The van der Waals surface area contributed by atoms with Gasteiger partial charge in [-0.3, -0.25) is 14.4 Å². The van der Waals surface area contributed by atoms with E-state index in [-0.39, 0.29) is 12.3 Å². The Balaban J connectivity index is 2.80. The van der Waals surface area contributed by atoms with Gasteiger partial charge in [-0.05, 0) is 25.3 Å². The summed E-state index contributed by atoms with van der Waals surface area (Å²) in [5.74, 6) is -3.49. The van der Waals surface area contributed by atoms with Crippen molar-refractivity contribution >= 4 is 23.7 Å². The van der Waals surface area contributed by atoms with E-state index in [9.17, 15) is 29.4 Å². The molecule has 3 amide bonds. The molecule has 0 saturated carbocycles. The Morgan fingerprint density at radius 1 is 0.903 bits per heavy atom. The van der Waals surface area contributed by atoms with Crippen LogP contribution in [0.1, 0.15) is 33.3 Å². The number of aliphatic hydroxyl groups excluding tert-OH is 1. The fourth-order valence-corrected chi connectivity index (χ4v) is 2.67. The number of carbonyl (C=O) groups excluding carboxylic acids is 3. The maximum Gasteiger partial charge on any atom is 0.326 e. The quantitative estimate of drug-likeness (QED) is 0.262. The summed E-state index contributed by atoms with van der Waals surface area (Å²) in [6, 6.07) is 4.23. The third kappa shape index (κ3) is 8.35. The van der Waals surface area contributed by atoms with Gasteiger partial charge in [-0.1, -0.05) is 44.2 Å². The summed E-state index contributed by atoms with van der Waals surface area (Å²) in [5, 5.41) is 26.6. The first kappa shape index (κ1) is 26.1. The summed E-state index contributed by atoms with van der Waals surface area (Å²) in [6.45, 7) is 6.22. The van der Waals surface area contributed by atoms with Crippen LogP contribution in [-0.4, -0.2) is 64.2 Å². The molecule has 7 N–H and O–H groups in total. The highest BCUT2D eigenvalue weighted by atomic mass is 16.4. The lowest BCUT2D eigenvalue weighted by molar-refractivity contribution is -0.143. The number of carbonyl (C=O) groups is 4. The van der Waals surface area contributed by atoms with Crippen molar-refractivity contribution in [1.29, 1.82) is 0 Å². The van der Waals surface area contributed by atoms with Gasteiger partial charge in [0.1, 0.15) is 18.1 Å². The standard InChI is InChI=1S/C21H32N4O6/c1-11(2)16(22)19(28)23-12(3)18(27)25-17(13(4)26)20(29)24-15(21(30)31)10-14-8-6-5-7-9-14/h5-9,11-13,15-17,26H,10,22H2,1-4H3,(H,23,28)(H,24,29)(H,25,27)(H,30,31). The number of rotatable bonds is 11. The van der Waals surface area contributed by atoms with Gasteiger partial charge >= 0.3 is 5.97 Å². The Hall–Kier alpha value is -2.98. The predicted molar refractivity (Wildman–Crippen MR) is 114 cm³/mol. The Morgan fingerprint density at radius 2 is 1.48 bits per heavy atom. The van der Waals surface area contributed by atoms with Crippen molar-refractivity contribution in [2.24, 2.45) is 11.7 Å². The van der Waals surface area contributed by atoms with Crippen LogP contribution in [0.4, 0.5) is 0 Å². The molecule has 5 atom stereocenters. The number of hydrogen-bond donors (Lipinski definition) is 6. The van der Waals surface area contributed by atoms with Crippen LogP contribution < -0.4 is 21.7 Å². The molecule has 0 fully saturated rings. The molecule has 31 heavy (non-hydrogen) atoms. The molecule has 5 unspecified atom stereocenters. The molecule has 0 saturated heterocycles. The minimum atomic E-state index is -1.41. The normalized spacial score (nSPS) is 15.8. The average molecular weight is 437 g/mol. The number of nitrogens with one attached hydrogen (secondary N) is 3. The minimum absolute atomic E-state index is 0.0297. The highest BCUT2D eigenvalue weighted by Gasteiger charge is 2.31. The van der Waals surface area contributed by atoms with Crippen LogP contribution in [-0.2, 0) is 25.6 Å². The van der Waals surface area contributed by atoms with Gasteiger partial charge in [-0.25, -0.2) is 4.79 Å². The lowest BCUT2D eigenvalue weighted by atomic mass is 10.0. The van der Waals surface area contributed by atoms with Crippen molar-refractivity contribution in [2.45, 2.75) is 64.4 Å². The Bertz CT molecular complexity index is 768. The number of benzene rings is 1. The smallest absolute Gasteiger partial charge is 0.326 e. The summed E-state index contributed by atoms with van der Waals surface area (Å²) >= 11 is 0. The Morgan fingerprint density at radius 3 is 1.97 bits per heavy atom. The minimum Gasteiger partial charge on any atom is -0.480 e. The molecule has 0 aliphatic carbocycles. The van der Waals surface area contributed by atoms with Gasteiger partial charge in [-0.15, -0.1) is 0 Å². The van der Waals surface area contributed by atoms with E-state index in [0.29, 0.717) is 5.56 Å². The second-order valence-electron chi connectivity index (χ2n) is 7.82. The fraction of sp³-hybridized carbons (Fsp3) is 0.524. The molecule has 10 heteroatoms. The van der Waals surface area contributed by atoms with Gasteiger partial charge in [0.15, 0.2) is 0 Å². The van der Waals surface area contributed by atoms with Gasteiger partial charge in [0.05, 0.1) is 12.1 Å². The van der Waals surface area contributed by atoms with Crippen molar-refractivity contribution in [1.82, 2.24) is 16.0 Å². The van der Waals surface area contributed by atoms with Crippen LogP contribution in [0.5, 0.6) is 0 Å². The number of nitrogens with two attached hydrogens (primary N) is 1. The maximum absolute atomic E-state index is 12.6. The third-order valence-electron chi connectivity index (χ3n) is 4.73. The predicted octanol–water partition coefficient (Wildman–Crippen LogP) is -0.848. The van der Waals surface area contributed by atoms with E-state index in [0.717, 1.165) is 0 Å². The highest BCUT2D eigenvalue weighted by molar-refractivity contribution is 5.94. The molecule has 0 spiro atoms. The van der Waals surface area contributed by atoms with Gasteiger partial charge in [-0.2, -0.15) is 0 Å². The van der Waals surface area contributed by atoms with Gasteiger partial charge < -0.3 is 31.9 Å². The molecule has 172 valence electrons.